The zero-order valence-corrected chi connectivity index (χ0v) is 10.7. The summed E-state index contributed by atoms with van der Waals surface area (Å²) in [6.07, 6.45) is 7.61. The Balaban J connectivity index is 1.89. The average Bonchev–Trinajstić information content (AvgIpc) is 2.74. The van der Waals surface area contributed by atoms with E-state index in [9.17, 15) is 0 Å². The lowest BCUT2D eigenvalue weighted by molar-refractivity contribution is 0.457. The standard InChI is InChI=1S/C17H20/c1-12-8-13(2)17-11-15(10-16(17)9-12)14-6-4-3-5-7-14/h3-8,11-12,15-16H,9-10H2,1-2H3/t12-,15?,16-/m0/s1. The van der Waals surface area contributed by atoms with Crippen molar-refractivity contribution in [3.63, 3.8) is 0 Å². The van der Waals surface area contributed by atoms with Crippen LogP contribution in [0.25, 0.3) is 0 Å². The van der Waals surface area contributed by atoms with Crippen molar-refractivity contribution in [2.75, 3.05) is 0 Å². The van der Waals surface area contributed by atoms with Gasteiger partial charge in [0, 0.05) is 5.92 Å². The first kappa shape index (κ1) is 10.8. The fourth-order valence-corrected chi connectivity index (χ4v) is 3.50. The molecule has 0 aliphatic heterocycles. The van der Waals surface area contributed by atoms with Crippen LogP contribution < -0.4 is 0 Å². The molecular weight excluding hydrogens is 204 g/mol. The highest BCUT2D eigenvalue weighted by Gasteiger charge is 2.31. The minimum Gasteiger partial charge on any atom is -0.0785 e. The molecule has 2 aliphatic rings. The lowest BCUT2D eigenvalue weighted by atomic mass is 9.80. The van der Waals surface area contributed by atoms with Crippen LogP contribution in [0.3, 0.4) is 0 Å². The molecule has 0 aromatic heterocycles. The first-order chi connectivity index (χ1) is 8.24. The van der Waals surface area contributed by atoms with Crippen LogP contribution in [0.2, 0.25) is 0 Å². The highest BCUT2D eigenvalue weighted by Crippen LogP contribution is 2.45. The van der Waals surface area contributed by atoms with E-state index in [4.69, 9.17) is 0 Å². The molecule has 2 aliphatic carbocycles. The van der Waals surface area contributed by atoms with Crippen LogP contribution in [0.15, 0.2) is 53.6 Å². The van der Waals surface area contributed by atoms with Gasteiger partial charge in [-0.2, -0.15) is 0 Å². The van der Waals surface area contributed by atoms with E-state index in [0.29, 0.717) is 5.92 Å². The molecule has 1 aromatic carbocycles. The normalized spacial score (nSPS) is 31.8. The molecule has 0 saturated heterocycles. The van der Waals surface area contributed by atoms with Crippen LogP contribution in [0.1, 0.15) is 38.2 Å². The van der Waals surface area contributed by atoms with Gasteiger partial charge in [-0.15, -0.1) is 0 Å². The van der Waals surface area contributed by atoms with E-state index in [1.807, 2.05) is 0 Å². The molecule has 88 valence electrons. The van der Waals surface area contributed by atoms with E-state index >= 15 is 0 Å². The summed E-state index contributed by atoms with van der Waals surface area (Å²) < 4.78 is 0. The average molecular weight is 224 g/mol. The lowest BCUT2D eigenvalue weighted by Gasteiger charge is -2.24. The number of hydrogen-bond donors (Lipinski definition) is 0. The van der Waals surface area contributed by atoms with Crippen molar-refractivity contribution < 1.29 is 0 Å². The highest BCUT2D eigenvalue weighted by molar-refractivity contribution is 5.42. The zero-order chi connectivity index (χ0) is 11.8. The molecule has 1 aromatic rings. The number of benzene rings is 1. The number of allylic oxidation sites excluding steroid dienone is 4. The third-order valence-electron chi connectivity index (χ3n) is 4.23. The maximum Gasteiger partial charge on any atom is 0.00298 e. The van der Waals surface area contributed by atoms with Crippen LogP contribution in [-0.2, 0) is 0 Å². The maximum atomic E-state index is 2.51. The Kier molecular flexibility index (Phi) is 2.66. The van der Waals surface area contributed by atoms with Gasteiger partial charge in [0.05, 0.1) is 0 Å². The fourth-order valence-electron chi connectivity index (χ4n) is 3.50. The molecule has 0 heterocycles. The molecule has 0 spiro atoms. The second-order valence-corrected chi connectivity index (χ2v) is 5.63. The van der Waals surface area contributed by atoms with Crippen molar-refractivity contribution in [1.29, 1.82) is 0 Å². The second kappa shape index (κ2) is 4.18. The molecule has 0 amide bonds. The smallest absolute Gasteiger partial charge is 0.00298 e. The molecule has 0 radical (unpaired) electrons. The van der Waals surface area contributed by atoms with Gasteiger partial charge in [-0.25, -0.2) is 0 Å². The summed E-state index contributed by atoms with van der Waals surface area (Å²) in [6.45, 7) is 4.62. The SMILES string of the molecule is CC1=C[C@H](C)C[C@H]2CC(c3ccccc3)C=C12. The summed E-state index contributed by atoms with van der Waals surface area (Å²) in [5.41, 5.74) is 4.62. The summed E-state index contributed by atoms with van der Waals surface area (Å²) in [6, 6.07) is 10.9. The Morgan fingerprint density at radius 3 is 2.53 bits per heavy atom. The predicted octanol–water partition coefficient (Wildman–Crippen LogP) is 4.70. The third-order valence-corrected chi connectivity index (χ3v) is 4.23. The van der Waals surface area contributed by atoms with E-state index < -0.39 is 0 Å². The number of fused-ring (bicyclic) bond motifs is 1. The molecule has 1 unspecified atom stereocenters. The Morgan fingerprint density at radius 2 is 1.76 bits per heavy atom. The van der Waals surface area contributed by atoms with Crippen molar-refractivity contribution in [2.45, 2.75) is 32.6 Å². The highest BCUT2D eigenvalue weighted by atomic mass is 14.4. The molecule has 3 rings (SSSR count). The topological polar surface area (TPSA) is 0 Å². The van der Waals surface area contributed by atoms with Crippen LogP contribution in [0, 0.1) is 11.8 Å². The lowest BCUT2D eigenvalue weighted by Crippen LogP contribution is -2.11. The number of hydrogen-bond acceptors (Lipinski definition) is 0. The molecule has 0 heteroatoms. The molecule has 0 N–H and O–H groups in total. The summed E-state index contributed by atoms with van der Waals surface area (Å²) in [4.78, 5) is 0. The summed E-state index contributed by atoms with van der Waals surface area (Å²) in [5.74, 6) is 2.21. The first-order valence-corrected chi connectivity index (χ1v) is 6.69. The van der Waals surface area contributed by atoms with Gasteiger partial charge in [-0.05, 0) is 42.7 Å². The summed E-state index contributed by atoms with van der Waals surface area (Å²) in [5, 5.41) is 0. The van der Waals surface area contributed by atoms with E-state index in [1.165, 1.54) is 24.0 Å². The van der Waals surface area contributed by atoms with Crippen molar-refractivity contribution >= 4 is 0 Å². The zero-order valence-electron chi connectivity index (χ0n) is 10.7. The van der Waals surface area contributed by atoms with Crippen molar-refractivity contribution in [1.82, 2.24) is 0 Å². The Morgan fingerprint density at radius 1 is 1.00 bits per heavy atom. The van der Waals surface area contributed by atoms with Gasteiger partial charge in [0.2, 0.25) is 0 Å². The molecule has 0 saturated carbocycles. The van der Waals surface area contributed by atoms with Crippen LogP contribution >= 0.6 is 0 Å². The molecule has 0 fully saturated rings. The molecule has 17 heavy (non-hydrogen) atoms. The van der Waals surface area contributed by atoms with E-state index in [-0.39, 0.29) is 0 Å². The van der Waals surface area contributed by atoms with Gasteiger partial charge in [0.15, 0.2) is 0 Å². The Labute approximate surface area is 104 Å². The van der Waals surface area contributed by atoms with Gasteiger partial charge >= 0.3 is 0 Å². The molecule has 0 nitrogen and oxygen atoms in total. The van der Waals surface area contributed by atoms with Gasteiger partial charge in [-0.1, -0.05) is 55.0 Å². The van der Waals surface area contributed by atoms with Crippen LogP contribution in [-0.4, -0.2) is 0 Å². The minimum atomic E-state index is 0.643. The van der Waals surface area contributed by atoms with Gasteiger partial charge in [-0.3, -0.25) is 0 Å². The predicted molar refractivity (Wildman–Crippen MR) is 72.9 cm³/mol. The summed E-state index contributed by atoms with van der Waals surface area (Å²) >= 11 is 0. The van der Waals surface area contributed by atoms with Crippen LogP contribution in [0.5, 0.6) is 0 Å². The Hall–Kier alpha value is -1.30. The quantitative estimate of drug-likeness (QED) is 0.648. The fraction of sp³-hybridized carbons (Fsp3) is 0.412. The van der Waals surface area contributed by atoms with E-state index in [1.54, 1.807) is 5.57 Å². The minimum absolute atomic E-state index is 0.643. The first-order valence-electron chi connectivity index (χ1n) is 6.69. The number of rotatable bonds is 1. The maximum absolute atomic E-state index is 2.51. The molecular formula is C17H20. The van der Waals surface area contributed by atoms with Crippen molar-refractivity contribution in [3.05, 3.63) is 59.2 Å². The van der Waals surface area contributed by atoms with Gasteiger partial charge in [0.25, 0.3) is 0 Å². The van der Waals surface area contributed by atoms with Crippen molar-refractivity contribution in [2.24, 2.45) is 11.8 Å². The van der Waals surface area contributed by atoms with Crippen LogP contribution in [0.4, 0.5) is 0 Å². The third kappa shape index (κ3) is 1.97. The molecule has 3 atom stereocenters. The summed E-state index contributed by atoms with van der Waals surface area (Å²) in [7, 11) is 0. The van der Waals surface area contributed by atoms with E-state index in [2.05, 4.69) is 56.3 Å². The van der Waals surface area contributed by atoms with Gasteiger partial charge in [0.1, 0.15) is 0 Å². The van der Waals surface area contributed by atoms with E-state index in [0.717, 1.165) is 11.8 Å². The largest absolute Gasteiger partial charge is 0.0785 e. The monoisotopic (exact) mass is 224 g/mol. The second-order valence-electron chi connectivity index (χ2n) is 5.63. The van der Waals surface area contributed by atoms with Crippen molar-refractivity contribution in [3.8, 4) is 0 Å². The Bertz CT molecular complexity index is 464. The van der Waals surface area contributed by atoms with Gasteiger partial charge < -0.3 is 0 Å². The molecule has 0 bridgehead atoms.